The SMILES string of the molecule is c1ccc(-c2cc(-c3ccccc3)c3sc4cc(-c5nc(-c6ccccc6)nc(-c6ccc7c(c6)oc6ccccc67)n5)ccc4c3c2)cc1. The molecule has 3 heterocycles. The summed E-state index contributed by atoms with van der Waals surface area (Å²) in [6, 6.07) is 57.0. The standard InChI is InChI=1S/C45H27N3OS/c1-4-12-28(13-5-1)33-24-37(29-14-6-2-7-15-29)42-38(25-33)36-23-21-32(27-41(36)50-42)45-47-43(30-16-8-3-9-17-30)46-44(48-45)31-20-22-35-34-18-10-11-19-39(34)49-40(35)26-31/h1-27H. The maximum absolute atomic E-state index is 6.23. The Labute approximate surface area is 292 Å². The quantitative estimate of drug-likeness (QED) is 0.185. The highest BCUT2D eigenvalue weighted by Gasteiger charge is 2.18. The molecule has 10 aromatic rings. The fourth-order valence-electron chi connectivity index (χ4n) is 6.86. The van der Waals surface area contributed by atoms with E-state index in [-0.39, 0.29) is 0 Å². The predicted molar refractivity (Wildman–Crippen MR) is 207 cm³/mol. The van der Waals surface area contributed by atoms with Crippen LogP contribution >= 0.6 is 11.3 Å². The van der Waals surface area contributed by atoms with Gasteiger partial charge in [0.25, 0.3) is 0 Å². The van der Waals surface area contributed by atoms with Gasteiger partial charge in [0.15, 0.2) is 17.5 Å². The molecule has 10 rings (SSSR count). The molecule has 234 valence electrons. The lowest BCUT2D eigenvalue weighted by Gasteiger charge is -2.09. The van der Waals surface area contributed by atoms with Crippen LogP contribution in [0, 0.1) is 0 Å². The van der Waals surface area contributed by atoms with E-state index in [1.165, 1.54) is 42.4 Å². The second kappa shape index (κ2) is 11.6. The molecule has 5 heteroatoms. The fraction of sp³-hybridized carbons (Fsp3) is 0. The second-order valence-corrected chi connectivity index (χ2v) is 13.5. The van der Waals surface area contributed by atoms with Crippen LogP contribution in [0.25, 0.3) is 98.5 Å². The molecule has 0 spiro atoms. The van der Waals surface area contributed by atoms with Gasteiger partial charge in [-0.15, -0.1) is 11.3 Å². The Balaban J connectivity index is 1.15. The van der Waals surface area contributed by atoms with Crippen molar-refractivity contribution in [1.29, 1.82) is 0 Å². The molecule has 0 unspecified atom stereocenters. The highest BCUT2D eigenvalue weighted by atomic mass is 32.1. The summed E-state index contributed by atoms with van der Waals surface area (Å²) in [5.41, 5.74) is 9.28. The topological polar surface area (TPSA) is 51.8 Å². The van der Waals surface area contributed by atoms with Crippen molar-refractivity contribution >= 4 is 53.4 Å². The van der Waals surface area contributed by atoms with Crippen LogP contribution in [0.15, 0.2) is 168 Å². The minimum atomic E-state index is 0.603. The maximum atomic E-state index is 6.23. The Bertz CT molecular complexity index is 2860. The molecule has 3 aromatic heterocycles. The van der Waals surface area contributed by atoms with Crippen LogP contribution < -0.4 is 0 Å². The van der Waals surface area contributed by atoms with Crippen LogP contribution in [-0.2, 0) is 0 Å². The summed E-state index contributed by atoms with van der Waals surface area (Å²) in [5, 5.41) is 4.63. The number of hydrogen-bond donors (Lipinski definition) is 0. The van der Waals surface area contributed by atoms with E-state index < -0.39 is 0 Å². The van der Waals surface area contributed by atoms with Gasteiger partial charge in [0.1, 0.15) is 11.2 Å². The van der Waals surface area contributed by atoms with Crippen LogP contribution in [0.5, 0.6) is 0 Å². The number of thiophene rings is 1. The lowest BCUT2D eigenvalue weighted by Crippen LogP contribution is -2.00. The molecular weight excluding hydrogens is 631 g/mol. The van der Waals surface area contributed by atoms with E-state index in [9.17, 15) is 0 Å². The number of furan rings is 1. The second-order valence-electron chi connectivity index (χ2n) is 12.4. The van der Waals surface area contributed by atoms with Gasteiger partial charge in [0.05, 0.1) is 0 Å². The molecule has 0 bridgehead atoms. The first-order valence-corrected chi connectivity index (χ1v) is 17.4. The summed E-state index contributed by atoms with van der Waals surface area (Å²) in [6.45, 7) is 0. The normalized spacial score (nSPS) is 11.6. The molecule has 50 heavy (non-hydrogen) atoms. The van der Waals surface area contributed by atoms with E-state index in [1.54, 1.807) is 0 Å². The van der Waals surface area contributed by atoms with Gasteiger partial charge in [0.2, 0.25) is 0 Å². The van der Waals surface area contributed by atoms with Crippen molar-refractivity contribution in [2.45, 2.75) is 0 Å². The minimum Gasteiger partial charge on any atom is -0.456 e. The summed E-state index contributed by atoms with van der Waals surface area (Å²) in [6.07, 6.45) is 0. The number of hydrogen-bond acceptors (Lipinski definition) is 5. The zero-order chi connectivity index (χ0) is 33.0. The van der Waals surface area contributed by atoms with Crippen molar-refractivity contribution in [3.05, 3.63) is 164 Å². The lowest BCUT2D eigenvalue weighted by atomic mass is 9.96. The Morgan fingerprint density at radius 3 is 1.64 bits per heavy atom. The van der Waals surface area contributed by atoms with Gasteiger partial charge in [-0.1, -0.05) is 127 Å². The summed E-state index contributed by atoms with van der Waals surface area (Å²) in [7, 11) is 0. The van der Waals surface area contributed by atoms with Gasteiger partial charge >= 0.3 is 0 Å². The first kappa shape index (κ1) is 28.6. The third-order valence-electron chi connectivity index (χ3n) is 9.33. The van der Waals surface area contributed by atoms with Crippen LogP contribution in [0.3, 0.4) is 0 Å². The van der Waals surface area contributed by atoms with Crippen molar-refractivity contribution in [2.24, 2.45) is 0 Å². The molecule has 0 N–H and O–H groups in total. The van der Waals surface area contributed by atoms with Crippen molar-refractivity contribution in [3.8, 4) is 56.4 Å². The van der Waals surface area contributed by atoms with Gasteiger partial charge in [-0.05, 0) is 53.1 Å². The van der Waals surface area contributed by atoms with E-state index in [0.29, 0.717) is 17.5 Å². The Hall–Kier alpha value is -6.43. The zero-order valence-corrected chi connectivity index (χ0v) is 27.6. The maximum Gasteiger partial charge on any atom is 0.164 e. The summed E-state index contributed by atoms with van der Waals surface area (Å²) in [4.78, 5) is 15.1. The molecule has 0 aliphatic heterocycles. The summed E-state index contributed by atoms with van der Waals surface area (Å²) in [5.74, 6) is 1.86. The Morgan fingerprint density at radius 2 is 0.920 bits per heavy atom. The highest BCUT2D eigenvalue weighted by Crippen LogP contribution is 2.44. The van der Waals surface area contributed by atoms with E-state index in [4.69, 9.17) is 19.4 Å². The van der Waals surface area contributed by atoms with Gasteiger partial charge in [-0.25, -0.2) is 15.0 Å². The first-order valence-electron chi connectivity index (χ1n) is 16.6. The highest BCUT2D eigenvalue weighted by molar-refractivity contribution is 7.26. The van der Waals surface area contributed by atoms with Gasteiger partial charge in [-0.3, -0.25) is 0 Å². The third kappa shape index (κ3) is 4.87. The van der Waals surface area contributed by atoms with Crippen molar-refractivity contribution in [3.63, 3.8) is 0 Å². The monoisotopic (exact) mass is 657 g/mol. The zero-order valence-electron chi connectivity index (χ0n) is 26.7. The van der Waals surface area contributed by atoms with Crippen molar-refractivity contribution in [1.82, 2.24) is 15.0 Å². The van der Waals surface area contributed by atoms with Crippen LogP contribution in [0.1, 0.15) is 0 Å². The molecule has 0 aliphatic carbocycles. The molecular formula is C45H27N3OS. The Kier molecular flexibility index (Phi) is 6.64. The number of para-hydroxylation sites is 1. The van der Waals surface area contributed by atoms with E-state index in [2.05, 4.69) is 109 Å². The largest absolute Gasteiger partial charge is 0.456 e. The summed E-state index contributed by atoms with van der Waals surface area (Å²) >= 11 is 1.82. The molecule has 4 nitrogen and oxygen atoms in total. The fourth-order valence-corrected chi connectivity index (χ4v) is 8.12. The molecule has 0 aliphatic rings. The molecule has 0 atom stereocenters. The van der Waals surface area contributed by atoms with Crippen LogP contribution in [0.4, 0.5) is 0 Å². The molecule has 0 fully saturated rings. The average molecular weight is 658 g/mol. The molecule has 0 radical (unpaired) electrons. The molecule has 0 saturated carbocycles. The molecule has 0 amide bonds. The number of nitrogens with zero attached hydrogens (tertiary/aromatic N) is 3. The Morgan fingerprint density at radius 1 is 0.360 bits per heavy atom. The van der Waals surface area contributed by atoms with E-state index in [0.717, 1.165) is 38.6 Å². The van der Waals surface area contributed by atoms with E-state index >= 15 is 0 Å². The number of rotatable bonds is 5. The lowest BCUT2D eigenvalue weighted by molar-refractivity contribution is 0.669. The van der Waals surface area contributed by atoms with Crippen molar-refractivity contribution < 1.29 is 4.42 Å². The molecule has 0 saturated heterocycles. The minimum absolute atomic E-state index is 0.603. The van der Waals surface area contributed by atoms with Gasteiger partial charge < -0.3 is 4.42 Å². The first-order chi connectivity index (χ1) is 24.7. The third-order valence-corrected chi connectivity index (χ3v) is 10.5. The van der Waals surface area contributed by atoms with Gasteiger partial charge in [-0.2, -0.15) is 0 Å². The number of aromatic nitrogens is 3. The number of fused-ring (bicyclic) bond motifs is 6. The smallest absolute Gasteiger partial charge is 0.164 e. The summed E-state index contributed by atoms with van der Waals surface area (Å²) < 4.78 is 8.68. The van der Waals surface area contributed by atoms with E-state index in [1.807, 2.05) is 65.9 Å². The predicted octanol–water partition coefficient (Wildman–Crippen LogP) is 12.5. The van der Waals surface area contributed by atoms with Crippen molar-refractivity contribution in [2.75, 3.05) is 0 Å². The average Bonchev–Trinajstić information content (AvgIpc) is 3.76. The van der Waals surface area contributed by atoms with Crippen LogP contribution in [0.2, 0.25) is 0 Å². The van der Waals surface area contributed by atoms with Gasteiger partial charge in [0, 0.05) is 53.2 Å². The molecule has 7 aromatic carbocycles. The number of benzene rings is 7. The van der Waals surface area contributed by atoms with Crippen LogP contribution in [-0.4, -0.2) is 15.0 Å².